The number of piperidine rings is 1. The van der Waals surface area contributed by atoms with Crippen LogP contribution in [0.4, 0.5) is 0 Å². The van der Waals surface area contributed by atoms with Crippen LogP contribution < -0.4 is 5.73 Å². The second-order valence-electron chi connectivity index (χ2n) is 7.76. The fraction of sp³-hybridized carbons (Fsp3) is 0.867. The van der Waals surface area contributed by atoms with Gasteiger partial charge in [0.2, 0.25) is 5.91 Å². The summed E-state index contributed by atoms with van der Waals surface area (Å²) in [5.74, 6) is 0.113. The molecule has 114 valence electrons. The average Bonchev–Trinajstić information content (AvgIpc) is 2.75. The van der Waals surface area contributed by atoms with Crippen molar-refractivity contribution >= 4 is 11.9 Å². The SMILES string of the molecule is COC(=O)[C@@H]1[C@H]2[C@@H](CN1C(=O)[C@H](N)C(C)(C)C)C2(C)C. The maximum atomic E-state index is 12.6. The number of hydrogen-bond acceptors (Lipinski definition) is 4. The molecule has 2 rings (SSSR count). The maximum Gasteiger partial charge on any atom is 0.328 e. The average molecular weight is 282 g/mol. The first-order valence-electron chi connectivity index (χ1n) is 7.17. The van der Waals surface area contributed by atoms with Crippen molar-refractivity contribution in [2.45, 2.75) is 46.7 Å². The molecular weight excluding hydrogens is 256 g/mol. The summed E-state index contributed by atoms with van der Waals surface area (Å²) in [5.41, 5.74) is 5.86. The van der Waals surface area contributed by atoms with Gasteiger partial charge in [0.15, 0.2) is 0 Å². The zero-order valence-corrected chi connectivity index (χ0v) is 13.3. The molecular formula is C15H26N2O3. The number of rotatable bonds is 2. The molecule has 20 heavy (non-hydrogen) atoms. The van der Waals surface area contributed by atoms with Crippen LogP contribution in [0.15, 0.2) is 0 Å². The predicted octanol–water partition coefficient (Wildman–Crippen LogP) is 1.02. The Morgan fingerprint density at radius 3 is 2.35 bits per heavy atom. The number of carbonyl (C=O) groups is 2. The summed E-state index contributed by atoms with van der Waals surface area (Å²) in [4.78, 5) is 26.3. The summed E-state index contributed by atoms with van der Waals surface area (Å²) in [6.07, 6.45) is 0. The lowest BCUT2D eigenvalue weighted by Crippen LogP contribution is -2.55. The van der Waals surface area contributed by atoms with Crippen LogP contribution >= 0.6 is 0 Å². The third-order valence-corrected chi connectivity index (χ3v) is 5.13. The Kier molecular flexibility index (Phi) is 3.40. The number of ether oxygens (including phenoxy) is 1. The van der Waals surface area contributed by atoms with Gasteiger partial charge in [0.25, 0.3) is 0 Å². The first-order valence-corrected chi connectivity index (χ1v) is 7.17. The van der Waals surface area contributed by atoms with Crippen LogP contribution in [0.1, 0.15) is 34.6 Å². The van der Waals surface area contributed by atoms with Crippen LogP contribution in [0.5, 0.6) is 0 Å². The van der Waals surface area contributed by atoms with Crippen molar-refractivity contribution in [3.05, 3.63) is 0 Å². The highest BCUT2D eigenvalue weighted by atomic mass is 16.5. The first kappa shape index (κ1) is 15.3. The van der Waals surface area contributed by atoms with Crippen LogP contribution in [-0.4, -0.2) is 42.5 Å². The van der Waals surface area contributed by atoms with Crippen LogP contribution in [0.2, 0.25) is 0 Å². The Hall–Kier alpha value is -1.10. The molecule has 1 saturated heterocycles. The van der Waals surface area contributed by atoms with E-state index in [1.807, 2.05) is 20.8 Å². The van der Waals surface area contributed by atoms with E-state index in [2.05, 4.69) is 13.8 Å². The number of carbonyl (C=O) groups excluding carboxylic acids is 2. The van der Waals surface area contributed by atoms with Gasteiger partial charge in [-0.05, 0) is 16.7 Å². The number of likely N-dealkylation sites (tertiary alicyclic amines) is 1. The summed E-state index contributed by atoms with van der Waals surface area (Å²) < 4.78 is 4.90. The van der Waals surface area contributed by atoms with E-state index in [1.54, 1.807) is 4.90 Å². The third kappa shape index (κ3) is 2.12. The number of amides is 1. The Morgan fingerprint density at radius 2 is 1.90 bits per heavy atom. The number of nitrogens with zero attached hydrogens (tertiary/aromatic N) is 1. The molecule has 0 aromatic heterocycles. The number of methoxy groups -OCH3 is 1. The molecule has 1 aliphatic carbocycles. The summed E-state index contributed by atoms with van der Waals surface area (Å²) in [6.45, 7) is 10.7. The molecule has 2 aliphatic rings. The van der Waals surface area contributed by atoms with Crippen molar-refractivity contribution in [1.82, 2.24) is 4.90 Å². The fourth-order valence-corrected chi connectivity index (χ4v) is 3.45. The molecule has 5 heteroatoms. The monoisotopic (exact) mass is 282 g/mol. The largest absolute Gasteiger partial charge is 0.467 e. The summed E-state index contributed by atoms with van der Waals surface area (Å²) in [6, 6.07) is -1.07. The number of hydrogen-bond donors (Lipinski definition) is 1. The normalized spacial score (nSPS) is 32.5. The van der Waals surface area contributed by atoms with Crippen molar-refractivity contribution in [3.8, 4) is 0 Å². The topological polar surface area (TPSA) is 72.6 Å². The van der Waals surface area contributed by atoms with Gasteiger partial charge in [-0.25, -0.2) is 4.79 Å². The first-order chi connectivity index (χ1) is 9.03. The number of esters is 1. The molecule has 2 fully saturated rings. The van der Waals surface area contributed by atoms with E-state index < -0.39 is 12.1 Å². The zero-order valence-electron chi connectivity index (χ0n) is 13.3. The van der Waals surface area contributed by atoms with Crippen molar-refractivity contribution in [2.24, 2.45) is 28.4 Å². The van der Waals surface area contributed by atoms with Crippen molar-refractivity contribution < 1.29 is 14.3 Å². The molecule has 0 bridgehead atoms. The summed E-state index contributed by atoms with van der Waals surface area (Å²) in [5, 5.41) is 0. The van der Waals surface area contributed by atoms with Crippen molar-refractivity contribution in [1.29, 1.82) is 0 Å². The van der Waals surface area contributed by atoms with Crippen molar-refractivity contribution in [3.63, 3.8) is 0 Å². The fourth-order valence-electron chi connectivity index (χ4n) is 3.45. The minimum atomic E-state index is -0.602. The van der Waals surface area contributed by atoms with E-state index >= 15 is 0 Å². The van der Waals surface area contributed by atoms with Crippen LogP contribution in [-0.2, 0) is 14.3 Å². The number of fused-ring (bicyclic) bond motifs is 1. The van der Waals surface area contributed by atoms with Gasteiger partial charge in [-0.2, -0.15) is 0 Å². The Labute approximate surface area is 120 Å². The van der Waals surface area contributed by atoms with Crippen LogP contribution in [0, 0.1) is 22.7 Å². The van der Waals surface area contributed by atoms with Gasteiger partial charge in [0, 0.05) is 12.5 Å². The molecule has 1 saturated carbocycles. The lowest BCUT2D eigenvalue weighted by Gasteiger charge is -2.35. The van der Waals surface area contributed by atoms with Gasteiger partial charge in [-0.3, -0.25) is 4.79 Å². The van der Waals surface area contributed by atoms with E-state index in [9.17, 15) is 9.59 Å². The molecule has 1 aliphatic heterocycles. The van der Waals surface area contributed by atoms with E-state index in [1.165, 1.54) is 7.11 Å². The van der Waals surface area contributed by atoms with Gasteiger partial charge in [-0.15, -0.1) is 0 Å². The minimum absolute atomic E-state index is 0.113. The highest BCUT2D eigenvalue weighted by Gasteiger charge is 2.70. The molecule has 2 N–H and O–H groups in total. The van der Waals surface area contributed by atoms with E-state index in [0.29, 0.717) is 12.5 Å². The quantitative estimate of drug-likeness (QED) is 0.767. The Morgan fingerprint density at radius 1 is 1.35 bits per heavy atom. The molecule has 0 aromatic rings. The molecule has 5 nitrogen and oxygen atoms in total. The second-order valence-corrected chi connectivity index (χ2v) is 7.76. The second kappa shape index (κ2) is 4.45. The Bertz CT molecular complexity index is 439. The smallest absolute Gasteiger partial charge is 0.328 e. The van der Waals surface area contributed by atoms with Gasteiger partial charge in [0.05, 0.1) is 13.2 Å². The molecule has 0 radical (unpaired) electrons. The summed E-state index contributed by atoms with van der Waals surface area (Å²) in [7, 11) is 1.37. The molecule has 4 atom stereocenters. The molecule has 0 unspecified atom stereocenters. The molecule has 0 spiro atoms. The van der Waals surface area contributed by atoms with Gasteiger partial charge >= 0.3 is 5.97 Å². The van der Waals surface area contributed by atoms with E-state index in [4.69, 9.17) is 10.5 Å². The van der Waals surface area contributed by atoms with Gasteiger partial charge < -0.3 is 15.4 Å². The number of nitrogens with two attached hydrogens (primary N) is 1. The zero-order chi connectivity index (χ0) is 15.5. The van der Waals surface area contributed by atoms with Crippen LogP contribution in [0.25, 0.3) is 0 Å². The Balaban J connectivity index is 2.21. The lowest BCUT2D eigenvalue weighted by molar-refractivity contribution is -0.154. The molecule has 1 heterocycles. The highest BCUT2D eigenvalue weighted by Crippen LogP contribution is 2.65. The third-order valence-electron chi connectivity index (χ3n) is 5.13. The van der Waals surface area contributed by atoms with Gasteiger partial charge in [0.1, 0.15) is 6.04 Å². The highest BCUT2D eigenvalue weighted by molar-refractivity contribution is 5.89. The molecule has 0 aromatic carbocycles. The van der Waals surface area contributed by atoms with E-state index in [0.717, 1.165) is 0 Å². The van der Waals surface area contributed by atoms with E-state index in [-0.39, 0.29) is 28.6 Å². The van der Waals surface area contributed by atoms with Crippen LogP contribution in [0.3, 0.4) is 0 Å². The standard InChI is InChI=1S/C15H26N2O3/c1-14(2,3)11(16)12(18)17-7-8-9(15(8,4)5)10(17)13(19)20-6/h8-11H,7,16H2,1-6H3/t8-,9-,10+,11+/m1/s1. The summed E-state index contributed by atoms with van der Waals surface area (Å²) >= 11 is 0. The van der Waals surface area contributed by atoms with Crippen molar-refractivity contribution in [2.75, 3.05) is 13.7 Å². The molecule has 1 amide bonds. The lowest BCUT2D eigenvalue weighted by atomic mass is 9.86. The predicted molar refractivity (Wildman–Crippen MR) is 75.7 cm³/mol. The van der Waals surface area contributed by atoms with Gasteiger partial charge in [-0.1, -0.05) is 34.6 Å². The minimum Gasteiger partial charge on any atom is -0.467 e. The maximum absolute atomic E-state index is 12.6.